The van der Waals surface area contributed by atoms with Gasteiger partial charge in [0.1, 0.15) is 17.9 Å². The largest absolute Gasteiger partial charge is 0.489 e. The highest BCUT2D eigenvalue weighted by atomic mass is 16.6. The number of nitro benzene ring substituents is 1. The molecule has 2 N–H and O–H groups in total. The highest BCUT2D eigenvalue weighted by molar-refractivity contribution is 6.08. The van der Waals surface area contributed by atoms with E-state index in [1.165, 1.54) is 28.7 Å². The molecular weight excluding hydrogens is 406 g/mol. The fourth-order valence-electron chi connectivity index (χ4n) is 3.32. The van der Waals surface area contributed by atoms with Crippen molar-refractivity contribution < 1.29 is 14.5 Å². The molecule has 0 atom stereocenters. The summed E-state index contributed by atoms with van der Waals surface area (Å²) in [5, 5.41) is 11.3. The number of nitro groups is 1. The van der Waals surface area contributed by atoms with Crippen LogP contribution in [0.2, 0.25) is 0 Å². The van der Waals surface area contributed by atoms with Crippen LogP contribution >= 0.6 is 0 Å². The molecule has 166 valence electrons. The summed E-state index contributed by atoms with van der Waals surface area (Å²) in [6.45, 7) is 5.19. The third-order valence-electron chi connectivity index (χ3n) is 5.13. The molecule has 0 radical (unpaired) electrons. The van der Waals surface area contributed by atoms with Gasteiger partial charge < -0.3 is 15.4 Å². The van der Waals surface area contributed by atoms with Gasteiger partial charge >= 0.3 is 0 Å². The SMILES string of the molecule is CC(C)c1ccc(COc2ccc(N(CCN)C(=O)c3ccccc3[N+](=O)[O-])cc2)cc1. The molecule has 0 aromatic heterocycles. The van der Waals surface area contributed by atoms with Gasteiger partial charge in [-0.05, 0) is 47.4 Å². The smallest absolute Gasteiger partial charge is 0.282 e. The highest BCUT2D eigenvalue weighted by Crippen LogP contribution is 2.25. The van der Waals surface area contributed by atoms with Crippen LogP contribution in [0.5, 0.6) is 5.75 Å². The summed E-state index contributed by atoms with van der Waals surface area (Å²) >= 11 is 0. The maximum atomic E-state index is 13.1. The summed E-state index contributed by atoms with van der Waals surface area (Å²) in [6, 6.07) is 21.3. The second kappa shape index (κ2) is 10.5. The van der Waals surface area contributed by atoms with Crippen molar-refractivity contribution in [2.24, 2.45) is 5.73 Å². The van der Waals surface area contributed by atoms with E-state index in [0.717, 1.165) is 5.56 Å². The van der Waals surface area contributed by atoms with Gasteiger partial charge in [0, 0.05) is 24.8 Å². The van der Waals surface area contributed by atoms with Crippen molar-refractivity contribution >= 4 is 17.3 Å². The number of ether oxygens (including phenoxy) is 1. The van der Waals surface area contributed by atoms with Crippen LogP contribution < -0.4 is 15.4 Å². The van der Waals surface area contributed by atoms with Crippen LogP contribution in [0.25, 0.3) is 0 Å². The van der Waals surface area contributed by atoms with Crippen LogP contribution in [-0.4, -0.2) is 23.9 Å². The maximum Gasteiger partial charge on any atom is 0.282 e. The Morgan fingerprint density at radius 3 is 2.28 bits per heavy atom. The molecule has 1 amide bonds. The third kappa shape index (κ3) is 5.50. The molecule has 7 nitrogen and oxygen atoms in total. The third-order valence-corrected chi connectivity index (χ3v) is 5.13. The monoisotopic (exact) mass is 433 g/mol. The minimum atomic E-state index is -0.557. The van der Waals surface area contributed by atoms with Crippen molar-refractivity contribution in [1.29, 1.82) is 0 Å². The van der Waals surface area contributed by atoms with Crippen LogP contribution in [0.15, 0.2) is 72.8 Å². The van der Waals surface area contributed by atoms with Gasteiger partial charge in [-0.15, -0.1) is 0 Å². The fourth-order valence-corrected chi connectivity index (χ4v) is 3.32. The molecule has 3 aromatic rings. The van der Waals surface area contributed by atoms with Gasteiger partial charge in [-0.25, -0.2) is 0 Å². The molecule has 7 heteroatoms. The van der Waals surface area contributed by atoms with E-state index in [2.05, 4.69) is 38.1 Å². The number of amides is 1. The van der Waals surface area contributed by atoms with Gasteiger partial charge in [0.15, 0.2) is 0 Å². The Morgan fingerprint density at radius 2 is 1.69 bits per heavy atom. The first-order valence-electron chi connectivity index (χ1n) is 10.5. The zero-order valence-electron chi connectivity index (χ0n) is 18.2. The van der Waals surface area contributed by atoms with Crippen LogP contribution in [0, 0.1) is 10.1 Å². The molecule has 0 bridgehead atoms. The van der Waals surface area contributed by atoms with Crippen molar-refractivity contribution in [1.82, 2.24) is 0 Å². The van der Waals surface area contributed by atoms with Gasteiger partial charge in [0.05, 0.1) is 4.92 Å². The first-order valence-corrected chi connectivity index (χ1v) is 10.5. The van der Waals surface area contributed by atoms with Crippen LogP contribution in [0.4, 0.5) is 11.4 Å². The van der Waals surface area contributed by atoms with E-state index in [9.17, 15) is 14.9 Å². The van der Waals surface area contributed by atoms with E-state index in [1.807, 2.05) is 0 Å². The Bertz CT molecular complexity index is 1060. The number of carbonyl (C=O) groups is 1. The number of nitrogens with two attached hydrogens (primary N) is 1. The number of benzene rings is 3. The summed E-state index contributed by atoms with van der Waals surface area (Å²) in [5.41, 5.74) is 8.42. The van der Waals surface area contributed by atoms with Crippen molar-refractivity contribution in [2.45, 2.75) is 26.4 Å². The van der Waals surface area contributed by atoms with Crippen molar-refractivity contribution in [2.75, 3.05) is 18.0 Å². The molecule has 0 spiro atoms. The zero-order chi connectivity index (χ0) is 23.1. The summed E-state index contributed by atoms with van der Waals surface area (Å²) in [4.78, 5) is 25.3. The Kier molecular flexibility index (Phi) is 7.57. The molecule has 0 saturated heterocycles. The summed E-state index contributed by atoms with van der Waals surface area (Å²) in [7, 11) is 0. The number of hydrogen-bond donors (Lipinski definition) is 1. The molecule has 32 heavy (non-hydrogen) atoms. The lowest BCUT2D eigenvalue weighted by atomic mass is 10.0. The number of carbonyl (C=O) groups excluding carboxylic acids is 1. The van der Waals surface area contributed by atoms with E-state index in [4.69, 9.17) is 10.5 Å². The van der Waals surface area contributed by atoms with Crippen LogP contribution in [0.3, 0.4) is 0 Å². The van der Waals surface area contributed by atoms with Gasteiger partial charge in [0.2, 0.25) is 0 Å². The van der Waals surface area contributed by atoms with Gasteiger partial charge in [0.25, 0.3) is 11.6 Å². The molecule has 3 aromatic carbocycles. The van der Waals surface area contributed by atoms with E-state index in [-0.39, 0.29) is 24.3 Å². The predicted octanol–water partition coefficient (Wildman–Crippen LogP) is 4.90. The lowest BCUT2D eigenvalue weighted by Crippen LogP contribution is -2.35. The minimum Gasteiger partial charge on any atom is -0.489 e. The Morgan fingerprint density at radius 1 is 1.03 bits per heavy atom. The van der Waals surface area contributed by atoms with Gasteiger partial charge in [-0.2, -0.15) is 0 Å². The van der Waals surface area contributed by atoms with E-state index in [0.29, 0.717) is 24.0 Å². The predicted molar refractivity (Wildman–Crippen MR) is 125 cm³/mol. The second-order valence-corrected chi connectivity index (χ2v) is 7.70. The normalized spacial score (nSPS) is 10.8. The molecule has 0 aliphatic rings. The Balaban J connectivity index is 1.73. The molecule has 0 saturated carbocycles. The van der Waals surface area contributed by atoms with Crippen molar-refractivity contribution in [3.63, 3.8) is 0 Å². The van der Waals surface area contributed by atoms with Gasteiger partial charge in [-0.1, -0.05) is 50.2 Å². The highest BCUT2D eigenvalue weighted by Gasteiger charge is 2.25. The molecule has 0 aliphatic heterocycles. The maximum absolute atomic E-state index is 13.1. The Labute approximate surface area is 187 Å². The van der Waals surface area contributed by atoms with Crippen molar-refractivity contribution in [3.8, 4) is 5.75 Å². The standard InChI is InChI=1S/C25H27N3O4/c1-18(2)20-9-7-19(8-10-20)17-32-22-13-11-21(12-14-22)27(16-15-26)25(29)23-5-3-4-6-24(23)28(30)31/h3-14,18H,15-17,26H2,1-2H3. The molecule has 0 unspecified atom stereocenters. The van der Waals surface area contributed by atoms with E-state index in [1.54, 1.807) is 30.3 Å². The van der Waals surface area contributed by atoms with E-state index < -0.39 is 10.8 Å². The number of rotatable bonds is 9. The lowest BCUT2D eigenvalue weighted by Gasteiger charge is -2.22. The minimum absolute atomic E-state index is 0.0242. The first kappa shape index (κ1) is 23.0. The second-order valence-electron chi connectivity index (χ2n) is 7.70. The van der Waals surface area contributed by atoms with Crippen LogP contribution in [-0.2, 0) is 6.61 Å². The zero-order valence-corrected chi connectivity index (χ0v) is 18.2. The van der Waals surface area contributed by atoms with Gasteiger partial charge in [-0.3, -0.25) is 14.9 Å². The summed E-state index contributed by atoms with van der Waals surface area (Å²) in [5.74, 6) is 0.670. The number of nitrogens with zero attached hydrogens (tertiary/aromatic N) is 2. The molecule has 0 aliphatic carbocycles. The molecule has 3 rings (SSSR count). The summed E-state index contributed by atoms with van der Waals surface area (Å²) in [6.07, 6.45) is 0. The quantitative estimate of drug-likeness (QED) is 0.382. The molecular formula is C25H27N3O4. The molecule has 0 heterocycles. The number of hydrogen-bond acceptors (Lipinski definition) is 5. The molecule has 0 fully saturated rings. The fraction of sp³-hybridized carbons (Fsp3) is 0.240. The number of anilines is 1. The number of para-hydroxylation sites is 1. The lowest BCUT2D eigenvalue weighted by molar-refractivity contribution is -0.385. The first-order chi connectivity index (χ1) is 15.4. The topological polar surface area (TPSA) is 98.7 Å². The Hall–Kier alpha value is -3.71. The summed E-state index contributed by atoms with van der Waals surface area (Å²) < 4.78 is 5.87. The average molecular weight is 434 g/mol. The van der Waals surface area contributed by atoms with Crippen molar-refractivity contribution in [3.05, 3.63) is 99.6 Å². The van der Waals surface area contributed by atoms with E-state index >= 15 is 0 Å². The average Bonchev–Trinajstić information content (AvgIpc) is 2.81. The van der Waals surface area contributed by atoms with Crippen LogP contribution in [0.1, 0.15) is 41.3 Å².